The molecule has 8 heteroatoms. The van der Waals surface area contributed by atoms with Gasteiger partial charge in [-0.1, -0.05) is 23.7 Å². The van der Waals surface area contributed by atoms with Crippen LogP contribution in [0, 0.1) is 19.7 Å². The SMILES string of the molecule is Cc1cccc(NC(=O)NC(=O)COC(=O)c2cc(Cl)ccc2F)c1C. The minimum Gasteiger partial charge on any atom is -0.452 e. The van der Waals surface area contributed by atoms with E-state index in [-0.39, 0.29) is 5.02 Å². The van der Waals surface area contributed by atoms with E-state index in [0.717, 1.165) is 23.3 Å². The smallest absolute Gasteiger partial charge is 0.341 e. The van der Waals surface area contributed by atoms with Crippen LogP contribution in [0.15, 0.2) is 36.4 Å². The van der Waals surface area contributed by atoms with Gasteiger partial charge in [0.25, 0.3) is 5.91 Å². The van der Waals surface area contributed by atoms with Crippen molar-refractivity contribution < 1.29 is 23.5 Å². The molecular weight excluding hydrogens is 363 g/mol. The lowest BCUT2D eigenvalue weighted by Crippen LogP contribution is -2.37. The summed E-state index contributed by atoms with van der Waals surface area (Å²) in [6.45, 7) is 2.97. The Bertz CT molecular complexity index is 870. The number of esters is 1. The van der Waals surface area contributed by atoms with Crippen LogP contribution in [0.4, 0.5) is 14.9 Å². The largest absolute Gasteiger partial charge is 0.452 e. The second-order valence-corrected chi connectivity index (χ2v) is 5.89. The topological polar surface area (TPSA) is 84.5 Å². The molecule has 0 saturated heterocycles. The summed E-state index contributed by atoms with van der Waals surface area (Å²) in [5, 5.41) is 4.70. The first kappa shape index (κ1) is 19.4. The second-order valence-electron chi connectivity index (χ2n) is 5.45. The number of imide groups is 1. The molecule has 6 nitrogen and oxygen atoms in total. The van der Waals surface area contributed by atoms with Crippen molar-refractivity contribution in [3.8, 4) is 0 Å². The summed E-state index contributed by atoms with van der Waals surface area (Å²) >= 11 is 5.69. The second kappa shape index (κ2) is 8.44. The Labute approximate surface area is 154 Å². The van der Waals surface area contributed by atoms with Gasteiger partial charge in [0.05, 0.1) is 5.56 Å². The van der Waals surface area contributed by atoms with E-state index in [1.807, 2.05) is 25.2 Å². The number of amides is 3. The lowest BCUT2D eigenvalue weighted by atomic mass is 10.1. The first-order valence-electron chi connectivity index (χ1n) is 7.57. The van der Waals surface area contributed by atoms with Crippen molar-refractivity contribution in [1.82, 2.24) is 5.32 Å². The molecule has 2 rings (SSSR count). The number of carbonyl (C=O) groups is 3. The van der Waals surface area contributed by atoms with E-state index < -0.39 is 35.9 Å². The van der Waals surface area contributed by atoms with Crippen molar-refractivity contribution in [2.24, 2.45) is 0 Å². The number of hydrogen-bond acceptors (Lipinski definition) is 4. The van der Waals surface area contributed by atoms with Crippen LogP contribution >= 0.6 is 11.6 Å². The van der Waals surface area contributed by atoms with Crippen molar-refractivity contribution in [3.05, 3.63) is 63.9 Å². The predicted molar refractivity (Wildman–Crippen MR) is 94.8 cm³/mol. The molecule has 3 amide bonds. The molecule has 0 radical (unpaired) electrons. The van der Waals surface area contributed by atoms with E-state index >= 15 is 0 Å². The maximum Gasteiger partial charge on any atom is 0.341 e. The van der Waals surface area contributed by atoms with Gasteiger partial charge < -0.3 is 10.1 Å². The third-order valence-electron chi connectivity index (χ3n) is 3.59. The fraction of sp³-hybridized carbons (Fsp3) is 0.167. The summed E-state index contributed by atoms with van der Waals surface area (Å²) in [6.07, 6.45) is 0. The molecule has 2 aromatic rings. The molecular formula is C18H16ClFN2O4. The number of nitrogens with one attached hydrogen (secondary N) is 2. The molecule has 0 atom stereocenters. The molecule has 0 aliphatic rings. The van der Waals surface area contributed by atoms with Gasteiger partial charge in [-0.25, -0.2) is 14.0 Å². The lowest BCUT2D eigenvalue weighted by Gasteiger charge is -2.11. The fourth-order valence-corrected chi connectivity index (χ4v) is 2.24. The number of aryl methyl sites for hydroxylation is 1. The average molecular weight is 379 g/mol. The van der Waals surface area contributed by atoms with E-state index in [2.05, 4.69) is 5.32 Å². The number of benzene rings is 2. The summed E-state index contributed by atoms with van der Waals surface area (Å²) < 4.78 is 18.2. The molecule has 0 spiro atoms. The minimum absolute atomic E-state index is 0.149. The van der Waals surface area contributed by atoms with E-state index in [9.17, 15) is 18.8 Å². The number of hydrogen-bond donors (Lipinski definition) is 2. The third kappa shape index (κ3) is 5.03. The number of urea groups is 1. The predicted octanol–water partition coefficient (Wildman–Crippen LogP) is 3.60. The summed E-state index contributed by atoms with van der Waals surface area (Å²) in [7, 11) is 0. The molecule has 0 bridgehead atoms. The van der Waals surface area contributed by atoms with Gasteiger partial charge in [-0.3, -0.25) is 10.1 Å². The van der Waals surface area contributed by atoms with E-state index in [1.165, 1.54) is 6.07 Å². The number of rotatable bonds is 4. The Balaban J connectivity index is 1.88. The maximum atomic E-state index is 13.5. The number of carbonyl (C=O) groups excluding carboxylic acids is 3. The third-order valence-corrected chi connectivity index (χ3v) is 3.82. The van der Waals surface area contributed by atoms with Gasteiger partial charge in [-0.15, -0.1) is 0 Å². The van der Waals surface area contributed by atoms with Gasteiger partial charge in [0, 0.05) is 10.7 Å². The number of halogens is 2. The van der Waals surface area contributed by atoms with Crippen LogP contribution in [0.25, 0.3) is 0 Å². The van der Waals surface area contributed by atoms with Crippen molar-refractivity contribution in [2.45, 2.75) is 13.8 Å². The first-order valence-corrected chi connectivity index (χ1v) is 7.95. The normalized spacial score (nSPS) is 10.2. The van der Waals surface area contributed by atoms with E-state index in [1.54, 1.807) is 12.1 Å². The van der Waals surface area contributed by atoms with Crippen LogP contribution in [0.3, 0.4) is 0 Å². The zero-order valence-electron chi connectivity index (χ0n) is 14.1. The minimum atomic E-state index is -1.06. The standard InChI is InChI=1S/C18H16ClFN2O4/c1-10-4-3-5-15(11(10)2)21-18(25)22-16(23)9-26-17(24)13-8-12(19)6-7-14(13)20/h3-8H,9H2,1-2H3,(H2,21,22,23,25). The Morgan fingerprint density at radius 2 is 1.88 bits per heavy atom. The highest BCUT2D eigenvalue weighted by atomic mass is 35.5. The molecule has 0 saturated carbocycles. The van der Waals surface area contributed by atoms with Gasteiger partial charge in [0.15, 0.2) is 6.61 Å². The lowest BCUT2D eigenvalue weighted by molar-refractivity contribution is -0.123. The van der Waals surface area contributed by atoms with Gasteiger partial charge >= 0.3 is 12.0 Å². The monoisotopic (exact) mass is 378 g/mol. The van der Waals surface area contributed by atoms with Gasteiger partial charge in [0.1, 0.15) is 5.82 Å². The highest BCUT2D eigenvalue weighted by molar-refractivity contribution is 6.30. The van der Waals surface area contributed by atoms with Crippen molar-refractivity contribution in [3.63, 3.8) is 0 Å². The molecule has 0 aliphatic heterocycles. The van der Waals surface area contributed by atoms with Crippen LogP contribution in [-0.2, 0) is 9.53 Å². The number of anilines is 1. The van der Waals surface area contributed by atoms with Crippen LogP contribution in [0.2, 0.25) is 5.02 Å². The summed E-state index contributed by atoms with van der Waals surface area (Å²) in [4.78, 5) is 35.3. The molecule has 26 heavy (non-hydrogen) atoms. The molecule has 0 fully saturated rings. The Morgan fingerprint density at radius 1 is 1.15 bits per heavy atom. The van der Waals surface area contributed by atoms with Crippen molar-refractivity contribution >= 4 is 35.2 Å². The van der Waals surface area contributed by atoms with E-state index in [4.69, 9.17) is 16.3 Å². The first-order chi connectivity index (χ1) is 12.3. The summed E-state index contributed by atoms with van der Waals surface area (Å²) in [5.74, 6) is -2.74. The zero-order valence-corrected chi connectivity index (χ0v) is 14.8. The molecule has 2 aromatic carbocycles. The highest BCUT2D eigenvalue weighted by Gasteiger charge is 2.16. The molecule has 0 unspecified atom stereocenters. The van der Waals surface area contributed by atoms with Crippen molar-refractivity contribution in [2.75, 3.05) is 11.9 Å². The van der Waals surface area contributed by atoms with Crippen molar-refractivity contribution in [1.29, 1.82) is 0 Å². The Morgan fingerprint density at radius 3 is 2.62 bits per heavy atom. The zero-order chi connectivity index (χ0) is 19.3. The fourth-order valence-electron chi connectivity index (χ4n) is 2.07. The van der Waals surface area contributed by atoms with Gasteiger partial charge in [-0.2, -0.15) is 0 Å². The van der Waals surface area contributed by atoms with Crippen LogP contribution in [0.1, 0.15) is 21.5 Å². The Hall–Kier alpha value is -2.93. The Kier molecular flexibility index (Phi) is 6.30. The molecule has 2 N–H and O–H groups in total. The van der Waals surface area contributed by atoms with Crippen LogP contribution < -0.4 is 10.6 Å². The van der Waals surface area contributed by atoms with Crippen LogP contribution in [-0.4, -0.2) is 24.5 Å². The summed E-state index contributed by atoms with van der Waals surface area (Å²) in [6, 6.07) is 7.94. The molecule has 0 aromatic heterocycles. The van der Waals surface area contributed by atoms with Gasteiger partial charge in [0.2, 0.25) is 0 Å². The number of ether oxygens (including phenoxy) is 1. The molecule has 0 heterocycles. The van der Waals surface area contributed by atoms with Crippen LogP contribution in [0.5, 0.6) is 0 Å². The maximum absolute atomic E-state index is 13.5. The quantitative estimate of drug-likeness (QED) is 0.796. The van der Waals surface area contributed by atoms with E-state index in [0.29, 0.717) is 5.69 Å². The highest BCUT2D eigenvalue weighted by Crippen LogP contribution is 2.18. The average Bonchev–Trinajstić information content (AvgIpc) is 2.59. The summed E-state index contributed by atoms with van der Waals surface area (Å²) in [5.41, 5.74) is 1.99. The molecule has 0 aliphatic carbocycles. The molecule has 136 valence electrons. The van der Waals surface area contributed by atoms with Gasteiger partial charge in [-0.05, 0) is 49.2 Å².